The van der Waals surface area contributed by atoms with Gasteiger partial charge in [0.25, 0.3) is 0 Å². The lowest BCUT2D eigenvalue weighted by molar-refractivity contribution is 0.334. The highest BCUT2D eigenvalue weighted by atomic mass is 16.5. The third-order valence-corrected chi connectivity index (χ3v) is 2.17. The molecule has 0 aliphatic heterocycles. The first-order valence-corrected chi connectivity index (χ1v) is 7.08. The van der Waals surface area contributed by atoms with Gasteiger partial charge in [-0.2, -0.15) is 4.98 Å². The van der Waals surface area contributed by atoms with Crippen LogP contribution in [0.25, 0.3) is 0 Å². The Morgan fingerprint density at radius 1 is 1.00 bits per heavy atom. The molecule has 0 fully saturated rings. The Balaban J connectivity index is 0. The standard InChI is InChI=1S/C10H18N2O.2C2H6/c1-4-6-9(7-5-2)10-11-8(3)12-13-10;2*1-2/h9H,4-7H2,1-3H3;2*1-2H3. The van der Waals surface area contributed by atoms with Gasteiger partial charge in [-0.1, -0.05) is 59.5 Å². The Kier molecular flexibility index (Phi) is 14.4. The Morgan fingerprint density at radius 2 is 1.47 bits per heavy atom. The van der Waals surface area contributed by atoms with Crippen LogP contribution in [0.1, 0.15) is 84.9 Å². The lowest BCUT2D eigenvalue weighted by Gasteiger charge is -2.08. The second-order valence-electron chi connectivity index (χ2n) is 3.45. The van der Waals surface area contributed by atoms with E-state index in [0.29, 0.717) is 5.92 Å². The van der Waals surface area contributed by atoms with Crippen molar-refractivity contribution in [3.8, 4) is 0 Å². The van der Waals surface area contributed by atoms with Crippen LogP contribution in [0.4, 0.5) is 0 Å². The van der Waals surface area contributed by atoms with E-state index in [1.54, 1.807) is 0 Å². The molecule has 1 aromatic heterocycles. The highest BCUT2D eigenvalue weighted by Crippen LogP contribution is 2.24. The molecule has 1 rings (SSSR count). The maximum absolute atomic E-state index is 5.17. The predicted molar refractivity (Wildman–Crippen MR) is 74.3 cm³/mol. The molecule has 0 aromatic carbocycles. The lowest BCUT2D eigenvalue weighted by atomic mass is 9.98. The van der Waals surface area contributed by atoms with Gasteiger partial charge in [0.15, 0.2) is 5.82 Å². The monoisotopic (exact) mass is 242 g/mol. The lowest BCUT2D eigenvalue weighted by Crippen LogP contribution is -1.98. The van der Waals surface area contributed by atoms with Gasteiger partial charge in [-0.15, -0.1) is 0 Å². The van der Waals surface area contributed by atoms with Crippen LogP contribution in [0.15, 0.2) is 4.52 Å². The van der Waals surface area contributed by atoms with Crippen LogP contribution >= 0.6 is 0 Å². The molecule has 0 atom stereocenters. The summed E-state index contributed by atoms with van der Waals surface area (Å²) in [6.45, 7) is 14.2. The Morgan fingerprint density at radius 3 is 1.76 bits per heavy atom. The molecule has 0 N–H and O–H groups in total. The minimum Gasteiger partial charge on any atom is -0.339 e. The zero-order chi connectivity index (χ0) is 13.7. The minimum absolute atomic E-state index is 0.469. The summed E-state index contributed by atoms with van der Waals surface area (Å²) in [6.07, 6.45) is 4.64. The van der Waals surface area contributed by atoms with Crippen LogP contribution in [-0.4, -0.2) is 10.1 Å². The summed E-state index contributed by atoms with van der Waals surface area (Å²) in [5.74, 6) is 2.03. The van der Waals surface area contributed by atoms with Crippen molar-refractivity contribution in [2.24, 2.45) is 0 Å². The van der Waals surface area contributed by atoms with Gasteiger partial charge in [-0.25, -0.2) is 0 Å². The van der Waals surface area contributed by atoms with E-state index in [9.17, 15) is 0 Å². The van der Waals surface area contributed by atoms with Gasteiger partial charge in [0.2, 0.25) is 5.89 Å². The number of hydrogen-bond acceptors (Lipinski definition) is 3. The van der Waals surface area contributed by atoms with Crippen LogP contribution in [0.2, 0.25) is 0 Å². The molecule has 0 bridgehead atoms. The van der Waals surface area contributed by atoms with E-state index >= 15 is 0 Å². The van der Waals surface area contributed by atoms with Gasteiger partial charge in [0, 0.05) is 5.92 Å². The molecule has 0 radical (unpaired) electrons. The average molecular weight is 242 g/mol. The van der Waals surface area contributed by atoms with Crippen molar-refractivity contribution >= 4 is 0 Å². The summed E-state index contributed by atoms with van der Waals surface area (Å²) >= 11 is 0. The molecule has 1 aromatic rings. The number of aryl methyl sites for hydroxylation is 1. The van der Waals surface area contributed by atoms with Crippen molar-refractivity contribution in [2.75, 3.05) is 0 Å². The summed E-state index contributed by atoms with van der Waals surface area (Å²) in [5.41, 5.74) is 0. The van der Waals surface area contributed by atoms with E-state index in [0.717, 1.165) is 24.6 Å². The predicted octanol–water partition coefficient (Wildman–Crippen LogP) is 5.11. The normalized spacial score (nSPS) is 9.18. The van der Waals surface area contributed by atoms with Crippen LogP contribution in [0.5, 0.6) is 0 Å². The molecule has 102 valence electrons. The van der Waals surface area contributed by atoms with Crippen molar-refractivity contribution in [2.45, 2.75) is 80.1 Å². The van der Waals surface area contributed by atoms with E-state index in [-0.39, 0.29) is 0 Å². The van der Waals surface area contributed by atoms with Crippen molar-refractivity contribution in [1.29, 1.82) is 0 Å². The molecule has 17 heavy (non-hydrogen) atoms. The van der Waals surface area contributed by atoms with E-state index in [4.69, 9.17) is 4.52 Å². The topological polar surface area (TPSA) is 38.9 Å². The molecule has 0 aliphatic rings. The molecule has 3 nitrogen and oxygen atoms in total. The van der Waals surface area contributed by atoms with Gasteiger partial charge < -0.3 is 4.52 Å². The van der Waals surface area contributed by atoms with E-state index in [1.807, 2.05) is 34.6 Å². The van der Waals surface area contributed by atoms with Gasteiger partial charge in [-0.3, -0.25) is 0 Å². The first-order valence-electron chi connectivity index (χ1n) is 7.08. The summed E-state index contributed by atoms with van der Waals surface area (Å²) in [4.78, 5) is 4.27. The number of nitrogens with zero attached hydrogens (tertiary/aromatic N) is 2. The molecule has 0 spiro atoms. The van der Waals surface area contributed by atoms with E-state index in [2.05, 4.69) is 24.0 Å². The van der Waals surface area contributed by atoms with Crippen LogP contribution in [-0.2, 0) is 0 Å². The van der Waals surface area contributed by atoms with Gasteiger partial charge >= 0.3 is 0 Å². The summed E-state index contributed by atoms with van der Waals surface area (Å²) < 4.78 is 5.17. The molecule has 0 saturated heterocycles. The average Bonchev–Trinajstić information content (AvgIpc) is 2.81. The third-order valence-electron chi connectivity index (χ3n) is 2.17. The number of hydrogen-bond donors (Lipinski definition) is 0. The van der Waals surface area contributed by atoms with E-state index in [1.165, 1.54) is 12.8 Å². The number of rotatable bonds is 5. The minimum atomic E-state index is 0.469. The smallest absolute Gasteiger partial charge is 0.229 e. The molecular weight excluding hydrogens is 212 g/mol. The van der Waals surface area contributed by atoms with Gasteiger partial charge in [0.05, 0.1) is 0 Å². The second kappa shape index (κ2) is 13.2. The molecule has 0 unspecified atom stereocenters. The molecule has 0 amide bonds. The Bertz CT molecular complexity index is 240. The van der Waals surface area contributed by atoms with Crippen molar-refractivity contribution < 1.29 is 4.52 Å². The maximum Gasteiger partial charge on any atom is 0.229 e. The quantitative estimate of drug-likeness (QED) is 0.719. The molecule has 0 saturated carbocycles. The van der Waals surface area contributed by atoms with Gasteiger partial charge in [0.1, 0.15) is 0 Å². The fourth-order valence-electron chi connectivity index (χ4n) is 1.57. The fraction of sp³-hybridized carbons (Fsp3) is 0.857. The number of aromatic nitrogens is 2. The zero-order valence-electron chi connectivity index (χ0n) is 12.7. The van der Waals surface area contributed by atoms with Crippen LogP contribution in [0, 0.1) is 6.92 Å². The molecule has 3 heteroatoms. The first kappa shape index (κ1) is 18.5. The largest absolute Gasteiger partial charge is 0.339 e. The zero-order valence-corrected chi connectivity index (χ0v) is 12.7. The summed E-state index contributed by atoms with van der Waals surface area (Å²) in [6, 6.07) is 0. The van der Waals surface area contributed by atoms with E-state index < -0.39 is 0 Å². The highest BCUT2D eigenvalue weighted by molar-refractivity contribution is 4.92. The maximum atomic E-state index is 5.17. The van der Waals surface area contributed by atoms with Crippen molar-refractivity contribution in [1.82, 2.24) is 10.1 Å². The van der Waals surface area contributed by atoms with Crippen molar-refractivity contribution in [3.63, 3.8) is 0 Å². The SMILES string of the molecule is CC.CC.CCCC(CCC)c1nc(C)no1. The van der Waals surface area contributed by atoms with Crippen LogP contribution in [0.3, 0.4) is 0 Å². The van der Waals surface area contributed by atoms with Crippen LogP contribution < -0.4 is 0 Å². The Labute approximate surface area is 107 Å². The summed E-state index contributed by atoms with van der Waals surface area (Å²) in [5, 5.41) is 3.82. The second-order valence-corrected chi connectivity index (χ2v) is 3.45. The fourth-order valence-corrected chi connectivity index (χ4v) is 1.57. The van der Waals surface area contributed by atoms with Crippen molar-refractivity contribution in [3.05, 3.63) is 11.7 Å². The molecular formula is C14H30N2O. The van der Waals surface area contributed by atoms with Gasteiger partial charge in [-0.05, 0) is 19.8 Å². The third kappa shape index (κ3) is 7.94. The Hall–Kier alpha value is -0.860. The highest BCUT2D eigenvalue weighted by Gasteiger charge is 2.15. The molecule has 0 aliphatic carbocycles. The molecule has 1 heterocycles. The summed E-state index contributed by atoms with van der Waals surface area (Å²) in [7, 11) is 0. The first-order chi connectivity index (χ1) is 8.27.